The molecule has 37 heavy (non-hydrogen) atoms. The summed E-state index contributed by atoms with van der Waals surface area (Å²) in [6, 6.07) is 12.4. The Bertz CT molecular complexity index is 1380. The quantitative estimate of drug-likeness (QED) is 0.319. The summed E-state index contributed by atoms with van der Waals surface area (Å²) >= 11 is 6.16. The number of pyridine rings is 2. The third-order valence-corrected chi connectivity index (χ3v) is 6.86. The molecule has 0 saturated carbocycles. The molecule has 0 aliphatic carbocycles. The van der Waals surface area contributed by atoms with E-state index in [1.807, 2.05) is 27.7 Å². The molecule has 0 unspecified atom stereocenters. The Hall–Kier alpha value is -3.70. The molecule has 0 spiro atoms. The molecule has 2 N–H and O–H groups in total. The molecule has 0 radical (unpaired) electrons. The largest absolute Gasteiger partial charge is 0.434 e. The number of carbonyl (C=O) groups excluding carboxylic acids is 2. The molecule has 0 saturated heterocycles. The summed E-state index contributed by atoms with van der Waals surface area (Å²) < 4.78 is 28.0. The van der Waals surface area contributed by atoms with Crippen molar-refractivity contribution >= 4 is 39.3 Å². The van der Waals surface area contributed by atoms with Gasteiger partial charge in [0.05, 0.1) is 10.6 Å². The molecule has 3 rings (SSSR count). The summed E-state index contributed by atoms with van der Waals surface area (Å²) in [5, 5.41) is -0.0785. The van der Waals surface area contributed by atoms with E-state index in [-0.39, 0.29) is 21.4 Å². The van der Waals surface area contributed by atoms with Gasteiger partial charge >= 0.3 is 12.0 Å². The lowest BCUT2D eigenvalue weighted by Gasteiger charge is -2.34. The van der Waals surface area contributed by atoms with E-state index in [0.717, 1.165) is 0 Å². The van der Waals surface area contributed by atoms with E-state index in [9.17, 15) is 18.0 Å². The van der Waals surface area contributed by atoms with Crippen LogP contribution in [0.5, 0.6) is 0 Å². The van der Waals surface area contributed by atoms with Crippen molar-refractivity contribution < 1.29 is 22.8 Å². The summed E-state index contributed by atoms with van der Waals surface area (Å²) in [6.45, 7) is 7.96. The van der Waals surface area contributed by atoms with Gasteiger partial charge in [-0.1, -0.05) is 42.8 Å². The molecule has 2 aromatic heterocycles. The van der Waals surface area contributed by atoms with Crippen molar-refractivity contribution in [2.75, 3.05) is 11.3 Å². The summed E-state index contributed by atoms with van der Waals surface area (Å²) in [5.41, 5.74) is 2.29. The first-order valence-electron chi connectivity index (χ1n) is 11.4. The van der Waals surface area contributed by atoms with Gasteiger partial charge in [-0.3, -0.25) is 14.5 Å². The van der Waals surface area contributed by atoms with Crippen LogP contribution in [0.4, 0.5) is 10.5 Å². The summed E-state index contributed by atoms with van der Waals surface area (Å²) in [4.78, 5) is 40.3. The van der Waals surface area contributed by atoms with Crippen LogP contribution in [0.3, 0.4) is 0 Å². The van der Waals surface area contributed by atoms with Crippen molar-refractivity contribution in [1.29, 1.82) is 0 Å². The highest BCUT2D eigenvalue weighted by atomic mass is 35.5. The Morgan fingerprint density at radius 2 is 1.78 bits per heavy atom. The first-order chi connectivity index (χ1) is 17.4. The minimum Gasteiger partial charge on any atom is -0.321 e. The molecule has 0 bridgehead atoms. The van der Waals surface area contributed by atoms with Crippen LogP contribution >= 0.6 is 11.6 Å². The van der Waals surface area contributed by atoms with Crippen molar-refractivity contribution in [1.82, 2.24) is 20.3 Å². The minimum absolute atomic E-state index is 0.0186. The molecule has 12 heteroatoms. The number of carbonyl (C=O) groups is 2. The summed E-state index contributed by atoms with van der Waals surface area (Å²) in [5.74, 6) is -0.768. The fraction of sp³-hybridized carbons (Fsp3) is 0.280. The third kappa shape index (κ3) is 6.95. The first-order valence-corrected chi connectivity index (χ1v) is 13.3. The van der Waals surface area contributed by atoms with Gasteiger partial charge in [0.1, 0.15) is 5.69 Å². The maximum atomic E-state index is 12.9. The lowest BCUT2D eigenvalue weighted by atomic mass is 10.1. The first kappa shape index (κ1) is 27.9. The number of anilines is 1. The van der Waals surface area contributed by atoms with Gasteiger partial charge in [-0.2, -0.15) is 5.48 Å². The molecule has 3 aromatic rings. The molecule has 0 fully saturated rings. The van der Waals surface area contributed by atoms with Crippen LogP contribution in [0, 0.1) is 0 Å². The average molecular weight is 546 g/mol. The van der Waals surface area contributed by atoms with Gasteiger partial charge in [0, 0.05) is 35.6 Å². The second kappa shape index (κ2) is 11.6. The van der Waals surface area contributed by atoms with E-state index in [2.05, 4.69) is 20.2 Å². The number of hydrogen-bond donors (Lipinski definition) is 2. The predicted molar refractivity (Wildman–Crippen MR) is 140 cm³/mol. The number of rotatable bonds is 7. The van der Waals surface area contributed by atoms with Crippen LogP contribution in [0.15, 0.2) is 65.8 Å². The van der Waals surface area contributed by atoms with Crippen molar-refractivity contribution in [2.45, 2.75) is 44.6 Å². The SMILES string of the molecule is CCCN(C(=O)ONC(=O)c1ncccc1-c1cnc(Cl)c(NS(=O)(=O)c2ccccc2)c1)C(C)(C)C. The molecule has 0 aliphatic heterocycles. The summed E-state index contributed by atoms with van der Waals surface area (Å²) in [7, 11) is -3.94. The topological polar surface area (TPSA) is 131 Å². The number of hydroxylamine groups is 1. The average Bonchev–Trinajstić information content (AvgIpc) is 2.86. The molecule has 2 amide bonds. The molecule has 196 valence electrons. The van der Waals surface area contributed by atoms with Crippen molar-refractivity contribution in [3.8, 4) is 11.1 Å². The second-order valence-electron chi connectivity index (χ2n) is 9.00. The van der Waals surface area contributed by atoms with Gasteiger partial charge in [-0.25, -0.2) is 18.2 Å². The van der Waals surface area contributed by atoms with Crippen LogP contribution in [-0.4, -0.2) is 47.4 Å². The van der Waals surface area contributed by atoms with Crippen LogP contribution < -0.4 is 10.2 Å². The molecule has 10 nitrogen and oxygen atoms in total. The Kier molecular flexibility index (Phi) is 8.72. The number of benzene rings is 1. The lowest BCUT2D eigenvalue weighted by molar-refractivity contribution is 0.0261. The highest BCUT2D eigenvalue weighted by molar-refractivity contribution is 7.92. The van der Waals surface area contributed by atoms with E-state index < -0.39 is 27.6 Å². The van der Waals surface area contributed by atoms with E-state index >= 15 is 0 Å². The Balaban J connectivity index is 1.85. The molecule has 0 atom stereocenters. The van der Waals surface area contributed by atoms with Crippen LogP contribution in [0.2, 0.25) is 5.15 Å². The number of sulfonamides is 1. The Labute approximate surface area is 221 Å². The maximum absolute atomic E-state index is 12.9. The fourth-order valence-corrected chi connectivity index (χ4v) is 4.69. The molecule has 1 aromatic carbocycles. The summed E-state index contributed by atoms with van der Waals surface area (Å²) in [6.07, 6.45) is 2.79. The molecular weight excluding hydrogens is 518 g/mol. The minimum atomic E-state index is -3.94. The highest BCUT2D eigenvalue weighted by Gasteiger charge is 2.28. The van der Waals surface area contributed by atoms with Gasteiger partial charge in [-0.15, -0.1) is 0 Å². The third-order valence-electron chi connectivity index (χ3n) is 5.18. The molecule has 0 aliphatic rings. The van der Waals surface area contributed by atoms with Crippen molar-refractivity contribution in [3.05, 3.63) is 71.8 Å². The number of hydrogen-bond acceptors (Lipinski definition) is 7. The fourth-order valence-electron chi connectivity index (χ4n) is 3.41. The normalized spacial score (nSPS) is 11.5. The monoisotopic (exact) mass is 545 g/mol. The second-order valence-corrected chi connectivity index (χ2v) is 11.0. The van der Waals surface area contributed by atoms with Gasteiger partial charge in [0.2, 0.25) is 0 Å². The number of nitrogens with one attached hydrogen (secondary N) is 2. The zero-order valence-electron chi connectivity index (χ0n) is 20.9. The zero-order valence-corrected chi connectivity index (χ0v) is 22.4. The van der Waals surface area contributed by atoms with E-state index in [1.165, 1.54) is 35.5 Å². The smallest absolute Gasteiger partial charge is 0.321 e. The van der Waals surface area contributed by atoms with Gasteiger partial charge in [-0.05, 0) is 51.5 Å². The van der Waals surface area contributed by atoms with Crippen molar-refractivity contribution in [2.24, 2.45) is 0 Å². The zero-order chi connectivity index (χ0) is 27.2. The van der Waals surface area contributed by atoms with Crippen LogP contribution in [0.1, 0.15) is 44.6 Å². The van der Waals surface area contributed by atoms with E-state index in [0.29, 0.717) is 24.1 Å². The predicted octanol–water partition coefficient (Wildman–Crippen LogP) is 4.89. The highest BCUT2D eigenvalue weighted by Crippen LogP contribution is 2.30. The van der Waals surface area contributed by atoms with E-state index in [4.69, 9.17) is 16.4 Å². The van der Waals surface area contributed by atoms with Gasteiger partial charge < -0.3 is 9.74 Å². The number of aromatic nitrogens is 2. The Morgan fingerprint density at radius 1 is 1.08 bits per heavy atom. The van der Waals surface area contributed by atoms with Gasteiger partial charge in [0.15, 0.2) is 5.15 Å². The molecular formula is C25H28ClN5O5S. The Morgan fingerprint density at radius 3 is 2.43 bits per heavy atom. The number of amides is 2. The molecule has 2 heterocycles. The van der Waals surface area contributed by atoms with Crippen LogP contribution in [-0.2, 0) is 14.9 Å². The number of nitrogens with zero attached hydrogens (tertiary/aromatic N) is 3. The lowest BCUT2D eigenvalue weighted by Crippen LogP contribution is -2.48. The number of halogens is 1. The standard InChI is InChI=1S/C25H28ClN5O5S/c1-5-14-31(25(2,3)4)24(33)36-29-23(32)21-19(12-9-13-27-21)17-15-20(22(26)28-16-17)30-37(34,35)18-10-7-6-8-11-18/h6-13,15-16,30H,5,14H2,1-4H3,(H,29,32). The van der Waals surface area contributed by atoms with E-state index in [1.54, 1.807) is 30.3 Å². The van der Waals surface area contributed by atoms with Crippen LogP contribution in [0.25, 0.3) is 11.1 Å². The maximum Gasteiger partial charge on any atom is 0.434 e. The van der Waals surface area contributed by atoms with Gasteiger partial charge in [0.25, 0.3) is 10.0 Å². The van der Waals surface area contributed by atoms with Crippen molar-refractivity contribution in [3.63, 3.8) is 0 Å².